The maximum atomic E-state index is 12.4. The van der Waals surface area contributed by atoms with E-state index in [1.165, 1.54) is 0 Å². The van der Waals surface area contributed by atoms with Crippen LogP contribution in [0.5, 0.6) is 0 Å². The average Bonchev–Trinajstić information content (AvgIpc) is 2.46. The number of halogens is 1. The molecule has 21 heavy (non-hydrogen) atoms. The third kappa shape index (κ3) is 4.64. The lowest BCUT2D eigenvalue weighted by atomic mass is 10.1. The molecule has 0 saturated carbocycles. The first kappa shape index (κ1) is 16.2. The fourth-order valence-corrected chi connectivity index (χ4v) is 3.73. The Hall–Kier alpha value is -1.20. The molecule has 0 bridgehead atoms. The summed E-state index contributed by atoms with van der Waals surface area (Å²) < 4.78 is 0. The van der Waals surface area contributed by atoms with Gasteiger partial charge in [0.15, 0.2) is 0 Å². The number of hydrogen-bond donors (Lipinski definition) is 1. The van der Waals surface area contributed by atoms with Crippen molar-refractivity contribution in [2.75, 3.05) is 18.1 Å². The molecular formula is C15H18ClNO3S. The molecular weight excluding hydrogens is 310 g/mol. The highest BCUT2D eigenvalue weighted by Gasteiger charge is 2.28. The van der Waals surface area contributed by atoms with E-state index in [2.05, 4.69) is 0 Å². The number of thioether (sulfide) groups is 1. The van der Waals surface area contributed by atoms with Gasteiger partial charge in [0.05, 0.1) is 12.5 Å². The van der Waals surface area contributed by atoms with Crippen LogP contribution in [0.2, 0.25) is 5.02 Å². The molecule has 1 N–H and O–H groups in total. The van der Waals surface area contributed by atoms with Gasteiger partial charge in [0.25, 0.3) is 0 Å². The number of carbonyl (C=O) groups excluding carboxylic acids is 1. The van der Waals surface area contributed by atoms with Gasteiger partial charge in [0, 0.05) is 29.5 Å². The Labute approximate surface area is 133 Å². The van der Waals surface area contributed by atoms with Crippen LogP contribution in [-0.2, 0) is 16.0 Å². The van der Waals surface area contributed by atoms with Crippen molar-refractivity contribution in [1.82, 2.24) is 4.90 Å². The lowest BCUT2D eigenvalue weighted by Gasteiger charge is -2.34. The molecule has 1 saturated heterocycles. The van der Waals surface area contributed by atoms with Gasteiger partial charge in [0.1, 0.15) is 0 Å². The van der Waals surface area contributed by atoms with E-state index in [4.69, 9.17) is 16.7 Å². The molecule has 1 aliphatic heterocycles. The molecule has 0 aromatic heterocycles. The van der Waals surface area contributed by atoms with Crippen molar-refractivity contribution < 1.29 is 14.7 Å². The third-order valence-corrected chi connectivity index (χ3v) is 4.98. The monoisotopic (exact) mass is 327 g/mol. The van der Waals surface area contributed by atoms with Crippen molar-refractivity contribution in [3.63, 3.8) is 0 Å². The van der Waals surface area contributed by atoms with Gasteiger partial charge < -0.3 is 10.0 Å². The molecule has 1 atom stereocenters. The Morgan fingerprint density at radius 1 is 1.38 bits per heavy atom. The summed E-state index contributed by atoms with van der Waals surface area (Å²) in [7, 11) is 0. The van der Waals surface area contributed by atoms with E-state index in [-0.39, 0.29) is 18.4 Å². The van der Waals surface area contributed by atoms with Gasteiger partial charge in [-0.3, -0.25) is 9.59 Å². The summed E-state index contributed by atoms with van der Waals surface area (Å²) in [6.45, 7) is 0.629. The zero-order valence-corrected chi connectivity index (χ0v) is 13.2. The number of benzene rings is 1. The minimum Gasteiger partial charge on any atom is -0.481 e. The van der Waals surface area contributed by atoms with Gasteiger partial charge in [-0.1, -0.05) is 29.8 Å². The van der Waals surface area contributed by atoms with Crippen molar-refractivity contribution in [2.45, 2.75) is 25.3 Å². The molecule has 0 aliphatic carbocycles. The molecule has 1 heterocycles. The minimum atomic E-state index is -0.855. The normalized spacial score (nSPS) is 18.5. The van der Waals surface area contributed by atoms with Gasteiger partial charge in [-0.05, 0) is 18.1 Å². The summed E-state index contributed by atoms with van der Waals surface area (Å²) in [6.07, 6.45) is 0.970. The highest BCUT2D eigenvalue weighted by molar-refractivity contribution is 7.99. The van der Waals surface area contributed by atoms with Crippen LogP contribution in [-0.4, -0.2) is 46.0 Å². The number of rotatable bonds is 5. The molecule has 0 spiro atoms. The summed E-state index contributed by atoms with van der Waals surface area (Å²) in [4.78, 5) is 25.0. The Kier molecular flexibility index (Phi) is 5.94. The molecule has 4 nitrogen and oxygen atoms in total. The first-order valence-corrected chi connectivity index (χ1v) is 8.43. The number of hydrogen-bond acceptors (Lipinski definition) is 3. The van der Waals surface area contributed by atoms with E-state index >= 15 is 0 Å². The second-order valence-electron chi connectivity index (χ2n) is 5.01. The lowest BCUT2D eigenvalue weighted by Crippen LogP contribution is -2.47. The van der Waals surface area contributed by atoms with Crippen LogP contribution in [0.1, 0.15) is 18.4 Å². The largest absolute Gasteiger partial charge is 0.481 e. The number of carboxylic acid groups (broad SMARTS) is 1. The summed E-state index contributed by atoms with van der Waals surface area (Å²) in [5, 5.41) is 9.61. The molecule has 1 aliphatic rings. The lowest BCUT2D eigenvalue weighted by molar-refractivity contribution is -0.140. The van der Waals surface area contributed by atoms with Crippen molar-refractivity contribution in [3.05, 3.63) is 34.9 Å². The topological polar surface area (TPSA) is 57.6 Å². The van der Waals surface area contributed by atoms with E-state index in [1.54, 1.807) is 16.7 Å². The summed E-state index contributed by atoms with van der Waals surface area (Å²) in [5.74, 6) is 0.728. The molecule has 6 heteroatoms. The molecule has 114 valence electrons. The number of carboxylic acids is 1. The molecule has 2 rings (SSSR count). The molecule has 1 aromatic carbocycles. The molecule has 1 fully saturated rings. The average molecular weight is 328 g/mol. The van der Waals surface area contributed by atoms with Gasteiger partial charge in [-0.25, -0.2) is 0 Å². The van der Waals surface area contributed by atoms with E-state index < -0.39 is 5.97 Å². The van der Waals surface area contributed by atoms with Crippen LogP contribution in [0.4, 0.5) is 0 Å². The summed E-state index contributed by atoms with van der Waals surface area (Å²) in [5.41, 5.74) is 0.952. The number of nitrogens with zero attached hydrogens (tertiary/aromatic N) is 1. The van der Waals surface area contributed by atoms with Crippen molar-refractivity contribution >= 4 is 35.2 Å². The van der Waals surface area contributed by atoms with E-state index in [1.807, 2.05) is 24.3 Å². The second-order valence-corrected chi connectivity index (χ2v) is 6.56. The van der Waals surface area contributed by atoms with E-state index in [0.29, 0.717) is 30.2 Å². The number of aliphatic carboxylic acids is 1. The highest BCUT2D eigenvalue weighted by atomic mass is 35.5. The Bertz CT molecular complexity index is 523. The first-order valence-electron chi connectivity index (χ1n) is 6.90. The quantitative estimate of drug-likeness (QED) is 0.903. The smallest absolute Gasteiger partial charge is 0.305 e. The fourth-order valence-electron chi connectivity index (χ4n) is 2.44. The molecule has 1 aromatic rings. The van der Waals surface area contributed by atoms with Crippen molar-refractivity contribution in [3.8, 4) is 0 Å². The minimum absolute atomic E-state index is 0.0152. The number of carbonyl (C=O) groups is 2. The van der Waals surface area contributed by atoms with Crippen LogP contribution in [0, 0.1) is 0 Å². The van der Waals surface area contributed by atoms with Gasteiger partial charge in [-0.15, -0.1) is 0 Å². The summed E-state index contributed by atoms with van der Waals surface area (Å²) in [6, 6.07) is 7.29. The van der Waals surface area contributed by atoms with Gasteiger partial charge >= 0.3 is 5.97 Å². The van der Waals surface area contributed by atoms with Crippen LogP contribution in [0.25, 0.3) is 0 Å². The maximum Gasteiger partial charge on any atom is 0.305 e. The Balaban J connectivity index is 1.94. The maximum absolute atomic E-state index is 12.4. The Morgan fingerprint density at radius 3 is 2.86 bits per heavy atom. The Morgan fingerprint density at radius 2 is 2.14 bits per heavy atom. The van der Waals surface area contributed by atoms with Crippen molar-refractivity contribution in [2.24, 2.45) is 0 Å². The standard InChI is InChI=1S/C15H18ClNO3S/c16-13-4-2-1-3-11(13)5-6-14(18)17-7-8-21-10-12(17)9-15(19)20/h1-4,12H,5-10H2,(H,19,20). The van der Waals surface area contributed by atoms with Gasteiger partial charge in [0.2, 0.25) is 5.91 Å². The van der Waals surface area contributed by atoms with Crippen LogP contribution in [0.3, 0.4) is 0 Å². The van der Waals surface area contributed by atoms with Crippen LogP contribution >= 0.6 is 23.4 Å². The van der Waals surface area contributed by atoms with Crippen LogP contribution in [0.15, 0.2) is 24.3 Å². The predicted octanol–water partition coefficient (Wildman–Crippen LogP) is 2.69. The third-order valence-electron chi connectivity index (χ3n) is 3.52. The molecule has 1 unspecified atom stereocenters. The van der Waals surface area contributed by atoms with Crippen molar-refractivity contribution in [1.29, 1.82) is 0 Å². The summed E-state index contributed by atoms with van der Waals surface area (Å²) >= 11 is 7.79. The van der Waals surface area contributed by atoms with E-state index in [0.717, 1.165) is 11.3 Å². The first-order chi connectivity index (χ1) is 10.1. The zero-order chi connectivity index (χ0) is 15.2. The number of amides is 1. The fraction of sp³-hybridized carbons (Fsp3) is 0.467. The highest BCUT2D eigenvalue weighted by Crippen LogP contribution is 2.22. The number of aryl methyl sites for hydroxylation is 1. The van der Waals surface area contributed by atoms with Crippen LogP contribution < -0.4 is 0 Å². The second kappa shape index (κ2) is 7.71. The zero-order valence-electron chi connectivity index (χ0n) is 11.6. The predicted molar refractivity (Wildman–Crippen MR) is 84.9 cm³/mol. The molecule has 1 amide bonds. The molecule has 0 radical (unpaired) electrons. The SMILES string of the molecule is O=C(O)CC1CSCCN1C(=O)CCc1ccccc1Cl. The van der Waals surface area contributed by atoms with Gasteiger partial charge in [-0.2, -0.15) is 11.8 Å². The van der Waals surface area contributed by atoms with E-state index in [9.17, 15) is 9.59 Å².